The number of phenolic OH excluding ortho intramolecular Hbond substituents is 1. The summed E-state index contributed by atoms with van der Waals surface area (Å²) < 4.78 is 0. The molecule has 4 rings (SSSR count). The van der Waals surface area contributed by atoms with Crippen molar-refractivity contribution in [2.24, 2.45) is 0 Å². The van der Waals surface area contributed by atoms with E-state index < -0.39 is 0 Å². The fourth-order valence-electron chi connectivity index (χ4n) is 2.86. The Balaban J connectivity index is 1.33. The van der Waals surface area contributed by atoms with Gasteiger partial charge in [0.25, 0.3) is 0 Å². The molecule has 0 fully saturated rings. The molecule has 0 unspecified atom stereocenters. The summed E-state index contributed by atoms with van der Waals surface area (Å²) in [4.78, 5) is 13.0. The van der Waals surface area contributed by atoms with Crippen molar-refractivity contribution >= 4 is 17.6 Å². The molecule has 0 spiro atoms. The Morgan fingerprint density at radius 3 is 2.72 bits per heavy atom. The number of pyridine rings is 1. The number of anilines is 3. The monoisotopic (exact) mass is 387 g/mol. The van der Waals surface area contributed by atoms with Crippen molar-refractivity contribution in [3.05, 3.63) is 83.9 Å². The number of aryl methyl sites for hydroxylation is 2. The fourth-order valence-corrected chi connectivity index (χ4v) is 2.86. The molecule has 1 aromatic carbocycles. The number of nitrogens with zero attached hydrogens (tertiary/aromatic N) is 4. The topological polar surface area (TPSA) is 112 Å². The Labute approximate surface area is 168 Å². The average molecular weight is 387 g/mol. The lowest BCUT2D eigenvalue weighted by Gasteiger charge is -2.06. The van der Waals surface area contributed by atoms with Crippen LogP contribution in [-0.4, -0.2) is 30.3 Å². The van der Waals surface area contributed by atoms with Crippen LogP contribution in [-0.2, 0) is 19.4 Å². The van der Waals surface area contributed by atoms with Crippen LogP contribution in [0.2, 0.25) is 0 Å². The number of nitrogens with one attached hydrogen (secondary N) is 3. The standard InChI is InChI=1S/C21H21N7O/c29-18-6-3-4-15(12-18)7-8-16-13-20(28-27-16)25-19-9-11-23-21(26-19)24-14-17-5-1-2-10-22-17/h1-6,9-13,29H,7-8,14H2,(H3,23,24,25,26,27,28). The summed E-state index contributed by atoms with van der Waals surface area (Å²) in [6, 6.07) is 16.8. The van der Waals surface area contributed by atoms with Crippen LogP contribution in [0.4, 0.5) is 17.6 Å². The molecule has 0 atom stereocenters. The Bertz CT molecular complexity index is 1070. The molecule has 0 bridgehead atoms. The highest BCUT2D eigenvalue weighted by molar-refractivity contribution is 5.53. The van der Waals surface area contributed by atoms with Gasteiger partial charge >= 0.3 is 0 Å². The molecular weight excluding hydrogens is 366 g/mol. The zero-order valence-electron chi connectivity index (χ0n) is 15.7. The third-order valence-electron chi connectivity index (χ3n) is 4.29. The van der Waals surface area contributed by atoms with Gasteiger partial charge in [0.2, 0.25) is 5.95 Å². The van der Waals surface area contributed by atoms with E-state index in [1.807, 2.05) is 36.4 Å². The van der Waals surface area contributed by atoms with Crippen LogP contribution in [0.5, 0.6) is 5.75 Å². The van der Waals surface area contributed by atoms with Crippen molar-refractivity contribution < 1.29 is 5.11 Å². The highest BCUT2D eigenvalue weighted by Crippen LogP contribution is 2.17. The minimum Gasteiger partial charge on any atom is -0.508 e. The van der Waals surface area contributed by atoms with E-state index in [1.165, 1.54) is 0 Å². The second-order valence-corrected chi connectivity index (χ2v) is 6.51. The molecule has 0 saturated heterocycles. The van der Waals surface area contributed by atoms with Crippen LogP contribution in [0.3, 0.4) is 0 Å². The molecule has 4 N–H and O–H groups in total. The predicted molar refractivity (Wildman–Crippen MR) is 111 cm³/mol. The summed E-state index contributed by atoms with van der Waals surface area (Å²) in [6.07, 6.45) is 5.04. The number of hydrogen-bond acceptors (Lipinski definition) is 7. The zero-order valence-corrected chi connectivity index (χ0v) is 15.7. The lowest BCUT2D eigenvalue weighted by atomic mass is 10.1. The number of benzene rings is 1. The average Bonchev–Trinajstić information content (AvgIpc) is 3.19. The van der Waals surface area contributed by atoms with Gasteiger partial charge in [-0.3, -0.25) is 10.1 Å². The van der Waals surface area contributed by atoms with Gasteiger partial charge in [0, 0.05) is 24.2 Å². The van der Waals surface area contributed by atoms with Crippen molar-refractivity contribution in [1.29, 1.82) is 0 Å². The zero-order chi connectivity index (χ0) is 19.9. The first-order chi connectivity index (χ1) is 14.2. The Hall–Kier alpha value is -3.94. The first-order valence-electron chi connectivity index (χ1n) is 9.31. The van der Waals surface area contributed by atoms with E-state index in [0.717, 1.165) is 29.8 Å². The van der Waals surface area contributed by atoms with Gasteiger partial charge in [-0.1, -0.05) is 18.2 Å². The first-order valence-corrected chi connectivity index (χ1v) is 9.31. The number of aromatic amines is 1. The quantitative estimate of drug-likeness (QED) is 0.366. The Morgan fingerprint density at radius 1 is 0.897 bits per heavy atom. The third-order valence-corrected chi connectivity index (χ3v) is 4.29. The van der Waals surface area contributed by atoms with Crippen LogP contribution in [0.15, 0.2) is 67.0 Å². The maximum absolute atomic E-state index is 9.55. The number of aromatic hydroxyl groups is 1. The van der Waals surface area contributed by atoms with E-state index in [2.05, 4.69) is 35.8 Å². The molecular formula is C21H21N7O. The van der Waals surface area contributed by atoms with E-state index in [9.17, 15) is 5.11 Å². The highest BCUT2D eigenvalue weighted by Gasteiger charge is 2.05. The van der Waals surface area contributed by atoms with E-state index >= 15 is 0 Å². The van der Waals surface area contributed by atoms with E-state index in [4.69, 9.17) is 0 Å². The minimum atomic E-state index is 0.283. The number of phenols is 1. The van der Waals surface area contributed by atoms with Crippen LogP contribution >= 0.6 is 0 Å². The number of aromatic nitrogens is 5. The molecule has 0 amide bonds. The molecule has 0 radical (unpaired) electrons. The SMILES string of the molecule is Oc1cccc(CCc2cc(Nc3ccnc(NCc4ccccn4)n3)n[nH]2)c1. The largest absolute Gasteiger partial charge is 0.508 e. The lowest BCUT2D eigenvalue weighted by molar-refractivity contribution is 0.474. The summed E-state index contributed by atoms with van der Waals surface area (Å²) in [5, 5.41) is 23.2. The molecule has 0 aliphatic rings. The van der Waals surface area contributed by atoms with E-state index in [-0.39, 0.29) is 5.75 Å². The van der Waals surface area contributed by atoms with Gasteiger partial charge in [-0.05, 0) is 48.7 Å². The van der Waals surface area contributed by atoms with Crippen molar-refractivity contribution in [3.8, 4) is 5.75 Å². The summed E-state index contributed by atoms with van der Waals surface area (Å²) >= 11 is 0. The number of rotatable bonds is 8. The molecule has 3 aromatic heterocycles. The van der Waals surface area contributed by atoms with Gasteiger partial charge in [-0.25, -0.2) is 4.98 Å². The van der Waals surface area contributed by atoms with Gasteiger partial charge in [-0.2, -0.15) is 10.1 Å². The smallest absolute Gasteiger partial charge is 0.224 e. The molecule has 8 heteroatoms. The van der Waals surface area contributed by atoms with Crippen LogP contribution < -0.4 is 10.6 Å². The molecule has 146 valence electrons. The van der Waals surface area contributed by atoms with E-state index in [0.29, 0.717) is 24.1 Å². The Kier molecular flexibility index (Phi) is 5.61. The van der Waals surface area contributed by atoms with Gasteiger partial charge in [0.15, 0.2) is 5.82 Å². The molecule has 3 heterocycles. The molecule has 29 heavy (non-hydrogen) atoms. The Morgan fingerprint density at radius 2 is 1.86 bits per heavy atom. The van der Waals surface area contributed by atoms with Crippen molar-refractivity contribution in [2.45, 2.75) is 19.4 Å². The summed E-state index contributed by atoms with van der Waals surface area (Å²) in [7, 11) is 0. The van der Waals surface area contributed by atoms with E-state index in [1.54, 1.807) is 30.6 Å². The van der Waals surface area contributed by atoms with Gasteiger partial charge < -0.3 is 15.7 Å². The van der Waals surface area contributed by atoms with Gasteiger partial charge in [-0.15, -0.1) is 0 Å². The third kappa shape index (κ3) is 5.29. The molecule has 0 saturated carbocycles. The van der Waals surface area contributed by atoms with Gasteiger partial charge in [0.05, 0.1) is 12.2 Å². The van der Waals surface area contributed by atoms with Crippen molar-refractivity contribution in [3.63, 3.8) is 0 Å². The number of H-pyrrole nitrogens is 1. The minimum absolute atomic E-state index is 0.283. The fraction of sp³-hybridized carbons (Fsp3) is 0.143. The normalized spacial score (nSPS) is 10.6. The second kappa shape index (κ2) is 8.83. The summed E-state index contributed by atoms with van der Waals surface area (Å²) in [5.74, 6) is 2.13. The van der Waals surface area contributed by atoms with Crippen molar-refractivity contribution in [1.82, 2.24) is 25.1 Å². The maximum atomic E-state index is 9.55. The second-order valence-electron chi connectivity index (χ2n) is 6.51. The lowest BCUT2D eigenvalue weighted by Crippen LogP contribution is -2.06. The molecule has 0 aliphatic heterocycles. The van der Waals surface area contributed by atoms with Crippen LogP contribution in [0.25, 0.3) is 0 Å². The van der Waals surface area contributed by atoms with Gasteiger partial charge in [0.1, 0.15) is 11.6 Å². The molecule has 4 aromatic rings. The molecule has 0 aliphatic carbocycles. The predicted octanol–water partition coefficient (Wildman–Crippen LogP) is 3.44. The summed E-state index contributed by atoms with van der Waals surface area (Å²) in [6.45, 7) is 0.548. The highest BCUT2D eigenvalue weighted by atomic mass is 16.3. The first kappa shape index (κ1) is 18.4. The van der Waals surface area contributed by atoms with Crippen molar-refractivity contribution in [2.75, 3.05) is 10.6 Å². The van der Waals surface area contributed by atoms with Crippen LogP contribution in [0.1, 0.15) is 17.0 Å². The number of hydrogen-bond donors (Lipinski definition) is 4. The molecule has 8 nitrogen and oxygen atoms in total. The maximum Gasteiger partial charge on any atom is 0.224 e. The summed E-state index contributed by atoms with van der Waals surface area (Å²) in [5.41, 5.74) is 2.99. The van der Waals surface area contributed by atoms with Crippen LogP contribution in [0, 0.1) is 0 Å².